The average Bonchev–Trinajstić information content (AvgIpc) is 2.93. The van der Waals surface area contributed by atoms with Crippen molar-refractivity contribution in [3.05, 3.63) is 0 Å². The Kier molecular flexibility index (Phi) is 8.06. The Hall–Kier alpha value is -1.63. The summed E-state index contributed by atoms with van der Waals surface area (Å²) in [5.41, 5.74) is -0.643. The largest absolute Gasteiger partial charge is 0.444 e. The summed E-state index contributed by atoms with van der Waals surface area (Å²) in [6, 6.07) is -1.10. The van der Waals surface area contributed by atoms with Crippen LogP contribution in [0.2, 0.25) is 0 Å². The van der Waals surface area contributed by atoms with Gasteiger partial charge in [0.25, 0.3) is 0 Å². The van der Waals surface area contributed by atoms with Crippen molar-refractivity contribution < 1.29 is 23.6 Å². The van der Waals surface area contributed by atoms with Gasteiger partial charge < -0.3 is 15.4 Å². The van der Waals surface area contributed by atoms with E-state index in [1.807, 2.05) is 13.8 Å². The van der Waals surface area contributed by atoms with Crippen molar-refractivity contribution in [2.24, 2.45) is 0 Å². The first-order chi connectivity index (χ1) is 12.1. The van der Waals surface area contributed by atoms with Gasteiger partial charge in [0, 0.05) is 19.4 Å². The maximum Gasteiger partial charge on any atom is 0.424 e. The van der Waals surface area contributed by atoms with Crippen molar-refractivity contribution in [2.45, 2.75) is 91.3 Å². The Labute approximate surface area is 157 Å². The molecule has 0 aromatic heterocycles. The summed E-state index contributed by atoms with van der Waals surface area (Å²) in [5.74, 6) is -0.252. The number of alkyl carbamates (subject to hydrolysis) is 1. The van der Waals surface area contributed by atoms with Crippen LogP contribution >= 0.6 is 0 Å². The molecule has 0 spiro atoms. The minimum absolute atomic E-state index is 0.0985. The lowest BCUT2D eigenvalue weighted by molar-refractivity contribution is -0.785. The van der Waals surface area contributed by atoms with Crippen LogP contribution in [0.4, 0.5) is 9.59 Å². The lowest BCUT2D eigenvalue weighted by Crippen LogP contribution is -2.67. The van der Waals surface area contributed by atoms with Gasteiger partial charge in [-0.3, -0.25) is 0 Å². The molecule has 1 aliphatic rings. The zero-order valence-corrected chi connectivity index (χ0v) is 17.2. The van der Waals surface area contributed by atoms with E-state index in [4.69, 9.17) is 4.74 Å². The zero-order valence-electron chi connectivity index (χ0n) is 17.2. The van der Waals surface area contributed by atoms with Gasteiger partial charge in [-0.2, -0.15) is 4.48 Å². The second-order valence-corrected chi connectivity index (χ2v) is 8.11. The third-order valence-electron chi connectivity index (χ3n) is 4.84. The fraction of sp³-hybridized carbons (Fsp3) is 0.842. The molecule has 1 aliphatic heterocycles. The highest BCUT2D eigenvalue weighted by Crippen LogP contribution is 2.29. The van der Waals surface area contributed by atoms with E-state index in [1.54, 1.807) is 20.8 Å². The topological polar surface area (TPSA) is 84.5 Å². The molecule has 1 heterocycles. The van der Waals surface area contributed by atoms with Crippen molar-refractivity contribution in [2.75, 3.05) is 13.1 Å². The molecule has 2 N–H and O–H groups in total. The molecular formula is C19H36N3O4+. The monoisotopic (exact) mass is 370 g/mol. The van der Waals surface area contributed by atoms with Crippen LogP contribution in [0, 0.1) is 0 Å². The van der Waals surface area contributed by atoms with Gasteiger partial charge in [0.1, 0.15) is 17.7 Å². The standard InChI is InChI=1S/C19H35N3O4/c1-7-9-12-20-17(24)22(13-10-11-14(22)3)16(23)15(8-2)21-18(25)26-19(4,5)6/h14-15H,7-13H2,1-6H3,(H-,20,21,24,25)/p+1/t14-,15+,22?/m1/s1. The molecule has 1 unspecified atom stereocenters. The van der Waals surface area contributed by atoms with Gasteiger partial charge in [0.2, 0.25) is 0 Å². The molecule has 0 radical (unpaired) electrons. The van der Waals surface area contributed by atoms with Crippen LogP contribution in [0.1, 0.15) is 73.6 Å². The molecule has 0 aromatic rings. The number of ether oxygens (including phenoxy) is 1. The summed E-state index contributed by atoms with van der Waals surface area (Å²) < 4.78 is 5.03. The number of carbonyl (C=O) groups is 3. The Morgan fingerprint density at radius 1 is 1.23 bits per heavy atom. The average molecular weight is 371 g/mol. The van der Waals surface area contributed by atoms with Crippen molar-refractivity contribution >= 4 is 18.0 Å². The molecule has 4 amide bonds. The van der Waals surface area contributed by atoms with E-state index in [0.717, 1.165) is 25.7 Å². The number of nitrogens with one attached hydrogen (secondary N) is 2. The van der Waals surface area contributed by atoms with E-state index in [1.165, 1.54) is 0 Å². The summed E-state index contributed by atoms with van der Waals surface area (Å²) in [6.07, 6.45) is 3.26. The molecule has 150 valence electrons. The van der Waals surface area contributed by atoms with Gasteiger partial charge in [0.05, 0.1) is 6.54 Å². The summed E-state index contributed by atoms with van der Waals surface area (Å²) in [5, 5.41) is 5.58. The number of hydrogen-bond donors (Lipinski definition) is 2. The first-order valence-electron chi connectivity index (χ1n) is 9.78. The maximum atomic E-state index is 13.3. The number of quaternary nitrogens is 1. The normalized spacial score (nSPS) is 24.0. The lowest BCUT2D eigenvalue weighted by atomic mass is 10.1. The Bertz CT molecular complexity index is 515. The second-order valence-electron chi connectivity index (χ2n) is 8.11. The number of amides is 4. The lowest BCUT2D eigenvalue weighted by Gasteiger charge is -2.35. The third-order valence-corrected chi connectivity index (χ3v) is 4.84. The number of unbranched alkanes of at least 4 members (excludes halogenated alkanes) is 1. The van der Waals surface area contributed by atoms with Crippen molar-refractivity contribution in [1.82, 2.24) is 10.6 Å². The van der Waals surface area contributed by atoms with E-state index in [2.05, 4.69) is 17.6 Å². The summed E-state index contributed by atoms with van der Waals surface area (Å²) >= 11 is 0. The van der Waals surface area contributed by atoms with Crippen LogP contribution in [0.3, 0.4) is 0 Å². The van der Waals surface area contributed by atoms with Crippen LogP contribution < -0.4 is 10.6 Å². The van der Waals surface area contributed by atoms with E-state index in [-0.39, 0.29) is 22.5 Å². The fourth-order valence-electron chi connectivity index (χ4n) is 3.39. The molecule has 1 fully saturated rings. The molecule has 26 heavy (non-hydrogen) atoms. The highest BCUT2D eigenvalue weighted by Gasteiger charge is 2.54. The van der Waals surface area contributed by atoms with Crippen LogP contribution in [-0.2, 0) is 9.53 Å². The van der Waals surface area contributed by atoms with E-state index in [0.29, 0.717) is 19.5 Å². The first kappa shape index (κ1) is 22.4. The molecule has 7 heteroatoms. The fourth-order valence-corrected chi connectivity index (χ4v) is 3.39. The van der Waals surface area contributed by atoms with Crippen LogP contribution in [0.15, 0.2) is 0 Å². The van der Waals surface area contributed by atoms with Crippen molar-refractivity contribution in [1.29, 1.82) is 0 Å². The summed E-state index contributed by atoms with van der Waals surface area (Å²) in [4.78, 5) is 38.4. The SMILES string of the molecule is CCCCNC(=O)[N+]1(C(=O)[C@H](CC)NC(=O)OC(C)(C)C)CCC[C@H]1C. The van der Waals surface area contributed by atoms with Crippen molar-refractivity contribution in [3.8, 4) is 0 Å². The molecule has 3 atom stereocenters. The van der Waals surface area contributed by atoms with Crippen LogP contribution in [0.5, 0.6) is 0 Å². The smallest absolute Gasteiger partial charge is 0.424 e. The van der Waals surface area contributed by atoms with Gasteiger partial charge in [-0.15, -0.1) is 0 Å². The molecule has 7 nitrogen and oxygen atoms in total. The van der Waals surface area contributed by atoms with Gasteiger partial charge in [-0.1, -0.05) is 20.3 Å². The van der Waals surface area contributed by atoms with E-state index in [9.17, 15) is 14.4 Å². The van der Waals surface area contributed by atoms with Gasteiger partial charge in [-0.25, -0.2) is 14.4 Å². The van der Waals surface area contributed by atoms with Gasteiger partial charge in [0.15, 0.2) is 0 Å². The molecule has 0 saturated carbocycles. The molecule has 1 rings (SSSR count). The van der Waals surface area contributed by atoms with Gasteiger partial charge >= 0.3 is 18.0 Å². The molecule has 0 bridgehead atoms. The predicted molar refractivity (Wildman–Crippen MR) is 101 cm³/mol. The number of hydrogen-bond acceptors (Lipinski definition) is 4. The predicted octanol–water partition coefficient (Wildman–Crippen LogP) is 3.33. The molecule has 0 aliphatic carbocycles. The van der Waals surface area contributed by atoms with E-state index >= 15 is 0 Å². The molecule has 1 saturated heterocycles. The Morgan fingerprint density at radius 2 is 1.88 bits per heavy atom. The highest BCUT2D eigenvalue weighted by atomic mass is 16.6. The third kappa shape index (κ3) is 5.43. The second kappa shape index (κ2) is 9.35. The Morgan fingerprint density at radius 3 is 2.35 bits per heavy atom. The zero-order chi connectivity index (χ0) is 20.0. The number of likely N-dealkylation sites (tertiary alicyclic amines) is 1. The van der Waals surface area contributed by atoms with Crippen LogP contribution in [-0.4, -0.2) is 53.3 Å². The Balaban J connectivity index is 2.96. The van der Waals surface area contributed by atoms with Crippen LogP contribution in [0.25, 0.3) is 0 Å². The number of imide groups is 1. The first-order valence-corrected chi connectivity index (χ1v) is 9.78. The number of nitrogens with zero attached hydrogens (tertiary/aromatic N) is 1. The summed E-state index contributed by atoms with van der Waals surface area (Å²) in [6.45, 7) is 12.2. The number of carbonyl (C=O) groups excluding carboxylic acids is 3. The molecule has 0 aromatic carbocycles. The maximum absolute atomic E-state index is 13.3. The number of rotatable bonds is 6. The quantitative estimate of drug-likeness (QED) is 0.555. The van der Waals surface area contributed by atoms with Gasteiger partial charge in [-0.05, 0) is 40.5 Å². The highest BCUT2D eigenvalue weighted by molar-refractivity contribution is 5.89. The molecular weight excluding hydrogens is 334 g/mol. The summed E-state index contributed by atoms with van der Waals surface area (Å²) in [7, 11) is 0. The minimum Gasteiger partial charge on any atom is -0.444 e. The van der Waals surface area contributed by atoms with Crippen molar-refractivity contribution in [3.63, 3.8) is 0 Å². The minimum atomic E-state index is -0.748. The number of urea groups is 1. The van der Waals surface area contributed by atoms with E-state index < -0.39 is 17.7 Å².